The summed E-state index contributed by atoms with van der Waals surface area (Å²) in [5.74, 6) is -0.898. The molecule has 7 heteroatoms. The zero-order chi connectivity index (χ0) is 15.6. The van der Waals surface area contributed by atoms with Gasteiger partial charge in [-0.3, -0.25) is 4.79 Å². The summed E-state index contributed by atoms with van der Waals surface area (Å²) in [6.45, 7) is 1.66. The van der Waals surface area contributed by atoms with Crippen LogP contribution in [0.5, 0.6) is 0 Å². The Kier molecular flexibility index (Phi) is 4.50. The van der Waals surface area contributed by atoms with E-state index in [9.17, 15) is 9.59 Å². The van der Waals surface area contributed by atoms with Crippen LogP contribution in [0, 0.1) is 6.92 Å². The molecule has 0 aliphatic carbocycles. The number of thiophene rings is 1. The summed E-state index contributed by atoms with van der Waals surface area (Å²) in [5, 5.41) is 3.50. The van der Waals surface area contributed by atoms with Gasteiger partial charge in [0.05, 0.1) is 17.6 Å². The highest BCUT2D eigenvalue weighted by Crippen LogP contribution is 2.31. The molecule has 0 aliphatic rings. The Bertz CT molecular complexity index is 712. The SMILES string of the molecule is COC(=O)c1c(N)sc(C(=O)Nc2cccc(Cl)c2)c1C. The Morgan fingerprint density at radius 1 is 1.38 bits per heavy atom. The first-order valence-corrected chi connectivity index (χ1v) is 7.17. The monoisotopic (exact) mass is 324 g/mol. The second-order valence-corrected chi connectivity index (χ2v) is 5.74. The van der Waals surface area contributed by atoms with Gasteiger partial charge in [-0.15, -0.1) is 11.3 Å². The van der Waals surface area contributed by atoms with Gasteiger partial charge in [-0.05, 0) is 30.7 Å². The Morgan fingerprint density at radius 2 is 2.10 bits per heavy atom. The predicted molar refractivity (Wildman–Crippen MR) is 84.2 cm³/mol. The number of carbonyl (C=O) groups is 2. The van der Waals surface area contributed by atoms with E-state index in [4.69, 9.17) is 17.3 Å². The first-order valence-electron chi connectivity index (χ1n) is 5.98. The molecule has 2 rings (SSSR count). The van der Waals surface area contributed by atoms with E-state index in [0.29, 0.717) is 21.2 Å². The Labute approximate surface area is 130 Å². The molecule has 0 fully saturated rings. The van der Waals surface area contributed by atoms with E-state index in [2.05, 4.69) is 10.1 Å². The van der Waals surface area contributed by atoms with Crippen LogP contribution in [0.2, 0.25) is 5.02 Å². The molecule has 0 radical (unpaired) electrons. The number of benzene rings is 1. The van der Waals surface area contributed by atoms with E-state index in [0.717, 1.165) is 11.3 Å². The molecule has 1 amide bonds. The standard InChI is InChI=1S/C14H13ClN2O3S/c1-7-10(14(19)20-2)12(16)21-11(7)13(18)17-9-5-3-4-8(15)6-9/h3-6H,16H2,1-2H3,(H,17,18). The van der Waals surface area contributed by atoms with Crippen molar-refractivity contribution in [2.75, 3.05) is 18.2 Å². The lowest BCUT2D eigenvalue weighted by Crippen LogP contribution is -2.12. The van der Waals surface area contributed by atoms with E-state index in [1.54, 1.807) is 31.2 Å². The second kappa shape index (κ2) is 6.15. The average molecular weight is 325 g/mol. The van der Waals surface area contributed by atoms with Crippen molar-refractivity contribution < 1.29 is 14.3 Å². The highest BCUT2D eigenvalue weighted by molar-refractivity contribution is 7.18. The summed E-state index contributed by atoms with van der Waals surface area (Å²) in [6.07, 6.45) is 0. The Hall–Kier alpha value is -2.05. The third kappa shape index (κ3) is 3.17. The number of nitrogens with one attached hydrogen (secondary N) is 1. The summed E-state index contributed by atoms with van der Waals surface area (Å²) in [6, 6.07) is 6.79. The minimum absolute atomic E-state index is 0.235. The first kappa shape index (κ1) is 15.3. The van der Waals surface area contributed by atoms with Gasteiger partial charge in [0.25, 0.3) is 5.91 Å². The summed E-state index contributed by atoms with van der Waals surface area (Å²) in [4.78, 5) is 24.3. The van der Waals surface area contributed by atoms with Crippen LogP contribution in [-0.2, 0) is 4.74 Å². The highest BCUT2D eigenvalue weighted by atomic mass is 35.5. The van der Waals surface area contributed by atoms with Crippen molar-refractivity contribution in [3.8, 4) is 0 Å². The molecule has 0 atom stereocenters. The number of carbonyl (C=O) groups excluding carboxylic acids is 2. The van der Waals surface area contributed by atoms with Gasteiger partial charge in [-0.25, -0.2) is 4.79 Å². The van der Waals surface area contributed by atoms with Gasteiger partial charge in [0.15, 0.2) is 0 Å². The van der Waals surface area contributed by atoms with Crippen LogP contribution in [0.1, 0.15) is 25.6 Å². The molecule has 0 saturated carbocycles. The molecule has 0 unspecified atom stereocenters. The number of nitrogen functional groups attached to an aromatic ring is 1. The largest absolute Gasteiger partial charge is 0.465 e. The molecule has 1 aromatic heterocycles. The van der Waals surface area contributed by atoms with Crippen LogP contribution < -0.4 is 11.1 Å². The van der Waals surface area contributed by atoms with Crippen molar-refractivity contribution in [3.63, 3.8) is 0 Å². The number of nitrogens with two attached hydrogens (primary N) is 1. The molecule has 0 spiro atoms. The van der Waals surface area contributed by atoms with Gasteiger partial charge in [-0.2, -0.15) is 0 Å². The fourth-order valence-electron chi connectivity index (χ4n) is 1.86. The van der Waals surface area contributed by atoms with Gasteiger partial charge < -0.3 is 15.8 Å². The van der Waals surface area contributed by atoms with Crippen LogP contribution in [0.3, 0.4) is 0 Å². The quantitative estimate of drug-likeness (QED) is 0.848. The Balaban J connectivity index is 2.30. The number of amides is 1. The molecule has 0 bridgehead atoms. The highest BCUT2D eigenvalue weighted by Gasteiger charge is 2.23. The summed E-state index contributed by atoms with van der Waals surface area (Å²) in [5.41, 5.74) is 7.10. The van der Waals surface area contributed by atoms with Crippen molar-refractivity contribution in [1.82, 2.24) is 0 Å². The van der Waals surface area contributed by atoms with Crippen LogP contribution in [0.25, 0.3) is 0 Å². The van der Waals surface area contributed by atoms with Crippen molar-refractivity contribution in [3.05, 3.63) is 45.3 Å². The number of halogens is 1. The molecule has 3 N–H and O–H groups in total. The van der Waals surface area contributed by atoms with Crippen molar-refractivity contribution in [2.24, 2.45) is 0 Å². The molecule has 0 aliphatic heterocycles. The van der Waals surface area contributed by atoms with E-state index in [1.807, 2.05) is 0 Å². The fraction of sp³-hybridized carbons (Fsp3) is 0.143. The summed E-state index contributed by atoms with van der Waals surface area (Å²) >= 11 is 6.91. The van der Waals surface area contributed by atoms with Crippen molar-refractivity contribution in [2.45, 2.75) is 6.92 Å². The lowest BCUT2D eigenvalue weighted by molar-refractivity contribution is 0.0601. The second-order valence-electron chi connectivity index (χ2n) is 4.25. The third-order valence-corrected chi connectivity index (χ3v) is 4.21. The number of esters is 1. The molecular weight excluding hydrogens is 312 g/mol. The maximum absolute atomic E-state index is 12.3. The number of hydrogen-bond acceptors (Lipinski definition) is 5. The summed E-state index contributed by atoms with van der Waals surface area (Å²) in [7, 11) is 1.27. The van der Waals surface area contributed by atoms with Crippen molar-refractivity contribution >= 4 is 45.5 Å². The minimum atomic E-state index is -0.553. The van der Waals surface area contributed by atoms with Gasteiger partial charge in [0.1, 0.15) is 5.00 Å². The normalized spacial score (nSPS) is 10.2. The van der Waals surface area contributed by atoms with E-state index in [1.165, 1.54) is 7.11 Å². The number of ether oxygens (including phenoxy) is 1. The molecule has 1 heterocycles. The molecule has 110 valence electrons. The lowest BCUT2D eigenvalue weighted by Gasteiger charge is -2.05. The van der Waals surface area contributed by atoms with Crippen LogP contribution in [0.4, 0.5) is 10.7 Å². The molecular formula is C14H13ClN2O3S. The predicted octanol–water partition coefficient (Wildman–Crippen LogP) is 3.33. The van der Waals surface area contributed by atoms with E-state index in [-0.39, 0.29) is 16.5 Å². The average Bonchev–Trinajstić information content (AvgIpc) is 2.73. The van der Waals surface area contributed by atoms with Gasteiger partial charge in [0.2, 0.25) is 0 Å². The maximum atomic E-state index is 12.3. The van der Waals surface area contributed by atoms with Crippen LogP contribution in [0.15, 0.2) is 24.3 Å². The topological polar surface area (TPSA) is 81.4 Å². The maximum Gasteiger partial charge on any atom is 0.341 e. The van der Waals surface area contributed by atoms with Gasteiger partial charge in [0, 0.05) is 10.7 Å². The molecule has 21 heavy (non-hydrogen) atoms. The van der Waals surface area contributed by atoms with E-state index >= 15 is 0 Å². The molecule has 0 saturated heterocycles. The van der Waals surface area contributed by atoms with Crippen LogP contribution >= 0.6 is 22.9 Å². The number of hydrogen-bond donors (Lipinski definition) is 2. The van der Waals surface area contributed by atoms with Crippen LogP contribution in [-0.4, -0.2) is 19.0 Å². The zero-order valence-electron chi connectivity index (χ0n) is 11.4. The minimum Gasteiger partial charge on any atom is -0.465 e. The van der Waals surface area contributed by atoms with Crippen molar-refractivity contribution in [1.29, 1.82) is 0 Å². The fourth-order valence-corrected chi connectivity index (χ4v) is 3.01. The first-order chi connectivity index (χ1) is 9.93. The summed E-state index contributed by atoms with van der Waals surface area (Å²) < 4.78 is 4.66. The molecule has 1 aromatic carbocycles. The number of anilines is 2. The van der Waals surface area contributed by atoms with Gasteiger partial charge in [-0.1, -0.05) is 17.7 Å². The number of methoxy groups -OCH3 is 1. The lowest BCUT2D eigenvalue weighted by atomic mass is 10.1. The molecule has 2 aromatic rings. The third-order valence-electron chi connectivity index (χ3n) is 2.85. The molecule has 5 nitrogen and oxygen atoms in total. The number of rotatable bonds is 3. The smallest absolute Gasteiger partial charge is 0.341 e. The van der Waals surface area contributed by atoms with Gasteiger partial charge >= 0.3 is 5.97 Å². The Morgan fingerprint density at radius 3 is 2.71 bits per heavy atom. The zero-order valence-corrected chi connectivity index (χ0v) is 13.0. The van der Waals surface area contributed by atoms with E-state index < -0.39 is 5.97 Å².